The van der Waals surface area contributed by atoms with E-state index in [1.807, 2.05) is 6.07 Å². The van der Waals surface area contributed by atoms with Crippen LogP contribution in [0.1, 0.15) is 45.6 Å². The van der Waals surface area contributed by atoms with E-state index >= 15 is 0 Å². The highest BCUT2D eigenvalue weighted by molar-refractivity contribution is 14.0. The van der Waals surface area contributed by atoms with Crippen LogP contribution in [0, 0.1) is 5.41 Å². The summed E-state index contributed by atoms with van der Waals surface area (Å²) >= 11 is 0. The highest BCUT2D eigenvalue weighted by Gasteiger charge is 2.25. The molecular weight excluding hydrogens is 413 g/mol. The molecular formula is C19H34IN3O. The molecule has 0 aliphatic carbocycles. The number of halogens is 1. The van der Waals surface area contributed by atoms with Crippen molar-refractivity contribution < 1.29 is 5.11 Å². The molecule has 0 aliphatic rings. The number of aliphatic hydroxyl groups is 1. The van der Waals surface area contributed by atoms with Crippen LogP contribution in [-0.2, 0) is 6.54 Å². The van der Waals surface area contributed by atoms with E-state index in [-0.39, 0.29) is 36.0 Å². The van der Waals surface area contributed by atoms with Crippen molar-refractivity contribution in [2.45, 2.75) is 46.6 Å². The number of benzene rings is 1. The molecule has 1 aromatic carbocycles. The van der Waals surface area contributed by atoms with Crippen LogP contribution in [0.15, 0.2) is 35.3 Å². The van der Waals surface area contributed by atoms with Gasteiger partial charge in [0.1, 0.15) is 0 Å². The van der Waals surface area contributed by atoms with Crippen LogP contribution in [-0.4, -0.2) is 42.7 Å². The summed E-state index contributed by atoms with van der Waals surface area (Å²) in [7, 11) is 2.07. The molecule has 24 heavy (non-hydrogen) atoms. The van der Waals surface area contributed by atoms with Gasteiger partial charge in [0, 0.05) is 33.3 Å². The van der Waals surface area contributed by atoms with Crippen molar-refractivity contribution in [2.75, 3.05) is 26.7 Å². The number of rotatable bonds is 9. The van der Waals surface area contributed by atoms with E-state index in [0.717, 1.165) is 44.9 Å². The summed E-state index contributed by atoms with van der Waals surface area (Å²) in [5.41, 5.74) is 1.37. The largest absolute Gasteiger partial charge is 0.396 e. The van der Waals surface area contributed by atoms with Crippen molar-refractivity contribution in [3.05, 3.63) is 35.9 Å². The van der Waals surface area contributed by atoms with Crippen molar-refractivity contribution in [1.29, 1.82) is 0 Å². The number of nitrogens with zero attached hydrogens (tertiary/aromatic N) is 2. The summed E-state index contributed by atoms with van der Waals surface area (Å²) in [5, 5.41) is 12.7. The molecule has 138 valence electrons. The van der Waals surface area contributed by atoms with Gasteiger partial charge in [-0.2, -0.15) is 0 Å². The Labute approximate surface area is 164 Å². The third-order valence-electron chi connectivity index (χ3n) is 4.67. The highest BCUT2D eigenvalue weighted by Crippen LogP contribution is 2.30. The van der Waals surface area contributed by atoms with E-state index in [0.29, 0.717) is 0 Å². The van der Waals surface area contributed by atoms with Crippen LogP contribution in [0.4, 0.5) is 0 Å². The van der Waals surface area contributed by atoms with Gasteiger partial charge in [0.05, 0.1) is 0 Å². The summed E-state index contributed by atoms with van der Waals surface area (Å²) in [5.74, 6) is 0.931. The van der Waals surface area contributed by atoms with Crippen molar-refractivity contribution in [3.63, 3.8) is 0 Å². The van der Waals surface area contributed by atoms with Crippen molar-refractivity contribution in [3.8, 4) is 0 Å². The van der Waals surface area contributed by atoms with Gasteiger partial charge in [0.15, 0.2) is 5.96 Å². The topological polar surface area (TPSA) is 47.9 Å². The van der Waals surface area contributed by atoms with Gasteiger partial charge in [-0.15, -0.1) is 24.0 Å². The van der Waals surface area contributed by atoms with Crippen LogP contribution in [0.25, 0.3) is 0 Å². The summed E-state index contributed by atoms with van der Waals surface area (Å²) in [6, 6.07) is 10.4. The Hall–Kier alpha value is -0.820. The Morgan fingerprint density at radius 2 is 1.79 bits per heavy atom. The SMILES string of the molecule is CCNC(=NCC(CC)(CC)CCO)N(C)Cc1ccccc1.I. The molecule has 0 heterocycles. The second kappa shape index (κ2) is 12.5. The number of aliphatic hydroxyl groups excluding tert-OH is 1. The third-order valence-corrected chi connectivity index (χ3v) is 4.67. The monoisotopic (exact) mass is 447 g/mol. The number of guanidine groups is 1. The number of hydrogen-bond acceptors (Lipinski definition) is 2. The Morgan fingerprint density at radius 3 is 2.29 bits per heavy atom. The lowest BCUT2D eigenvalue weighted by Crippen LogP contribution is -2.39. The molecule has 0 amide bonds. The van der Waals surface area contributed by atoms with Gasteiger partial charge in [-0.25, -0.2) is 0 Å². The van der Waals surface area contributed by atoms with Crippen LogP contribution in [0.2, 0.25) is 0 Å². The van der Waals surface area contributed by atoms with E-state index in [9.17, 15) is 5.11 Å². The molecule has 0 saturated carbocycles. The average molecular weight is 447 g/mol. The Kier molecular flexibility index (Phi) is 12.1. The predicted octanol–water partition coefficient (Wildman–Crippen LogP) is 3.89. The van der Waals surface area contributed by atoms with Gasteiger partial charge >= 0.3 is 0 Å². The number of aliphatic imine (C=N–C) groups is 1. The molecule has 2 N–H and O–H groups in total. The maximum absolute atomic E-state index is 9.36. The van der Waals surface area contributed by atoms with Crippen molar-refractivity contribution in [2.24, 2.45) is 10.4 Å². The molecule has 0 radical (unpaired) electrons. The Bertz CT molecular complexity index is 461. The van der Waals surface area contributed by atoms with Gasteiger partial charge < -0.3 is 15.3 Å². The van der Waals surface area contributed by atoms with E-state index in [1.54, 1.807) is 0 Å². The third kappa shape index (κ3) is 7.38. The molecule has 0 atom stereocenters. The molecule has 1 aromatic rings. The van der Waals surface area contributed by atoms with Crippen molar-refractivity contribution in [1.82, 2.24) is 10.2 Å². The minimum Gasteiger partial charge on any atom is -0.396 e. The maximum atomic E-state index is 9.36. The normalized spacial score (nSPS) is 11.8. The second-order valence-corrected chi connectivity index (χ2v) is 6.19. The Balaban J connectivity index is 0.00000529. The number of nitrogens with one attached hydrogen (secondary N) is 1. The summed E-state index contributed by atoms with van der Waals surface area (Å²) < 4.78 is 0. The van der Waals surface area contributed by atoms with E-state index in [2.05, 4.69) is 62.3 Å². The highest BCUT2D eigenvalue weighted by atomic mass is 127. The fourth-order valence-corrected chi connectivity index (χ4v) is 2.79. The predicted molar refractivity (Wildman–Crippen MR) is 114 cm³/mol. The number of hydrogen-bond donors (Lipinski definition) is 2. The first-order valence-electron chi connectivity index (χ1n) is 8.75. The molecule has 0 unspecified atom stereocenters. The molecule has 0 fully saturated rings. The molecule has 5 heteroatoms. The minimum absolute atomic E-state index is 0. The zero-order chi connectivity index (χ0) is 17.1. The maximum Gasteiger partial charge on any atom is 0.193 e. The van der Waals surface area contributed by atoms with Crippen LogP contribution >= 0.6 is 24.0 Å². The average Bonchev–Trinajstić information content (AvgIpc) is 2.58. The first-order valence-corrected chi connectivity index (χ1v) is 8.75. The molecule has 4 nitrogen and oxygen atoms in total. The van der Waals surface area contributed by atoms with Gasteiger partial charge in [-0.1, -0.05) is 44.2 Å². The van der Waals surface area contributed by atoms with Gasteiger partial charge in [0.25, 0.3) is 0 Å². The van der Waals surface area contributed by atoms with Crippen molar-refractivity contribution >= 4 is 29.9 Å². The lowest BCUT2D eigenvalue weighted by Gasteiger charge is -2.30. The Morgan fingerprint density at radius 1 is 1.17 bits per heavy atom. The van der Waals surface area contributed by atoms with Gasteiger partial charge in [-0.3, -0.25) is 4.99 Å². The molecule has 0 saturated heterocycles. The molecule has 1 rings (SSSR count). The second-order valence-electron chi connectivity index (χ2n) is 6.19. The van der Waals surface area contributed by atoms with Crippen LogP contribution in [0.5, 0.6) is 0 Å². The summed E-state index contributed by atoms with van der Waals surface area (Å²) in [6.07, 6.45) is 2.88. The van der Waals surface area contributed by atoms with E-state index in [4.69, 9.17) is 4.99 Å². The molecule has 0 aliphatic heterocycles. The lowest BCUT2D eigenvalue weighted by atomic mass is 9.79. The lowest BCUT2D eigenvalue weighted by molar-refractivity contribution is 0.175. The van der Waals surface area contributed by atoms with E-state index < -0.39 is 0 Å². The molecule has 0 aromatic heterocycles. The zero-order valence-electron chi connectivity index (χ0n) is 15.6. The molecule has 0 spiro atoms. The standard InChI is InChI=1S/C19H33N3O.HI/c1-5-19(6-2,13-14-23)16-21-18(20-7-3)22(4)15-17-11-9-8-10-12-17;/h8-12,23H,5-7,13-16H2,1-4H3,(H,20,21);1H. The van der Waals surface area contributed by atoms with Gasteiger partial charge in [-0.05, 0) is 37.2 Å². The summed E-state index contributed by atoms with van der Waals surface area (Å²) in [6.45, 7) is 9.13. The first-order chi connectivity index (χ1) is 11.1. The summed E-state index contributed by atoms with van der Waals surface area (Å²) in [4.78, 5) is 7.02. The zero-order valence-corrected chi connectivity index (χ0v) is 17.9. The first kappa shape index (κ1) is 23.2. The van der Waals surface area contributed by atoms with Gasteiger partial charge in [0.2, 0.25) is 0 Å². The fraction of sp³-hybridized carbons (Fsp3) is 0.632. The van der Waals surface area contributed by atoms with E-state index in [1.165, 1.54) is 5.56 Å². The van der Waals surface area contributed by atoms with Crippen LogP contribution in [0.3, 0.4) is 0 Å². The fourth-order valence-electron chi connectivity index (χ4n) is 2.79. The van der Waals surface area contributed by atoms with Crippen LogP contribution < -0.4 is 5.32 Å². The quantitative estimate of drug-likeness (QED) is 0.343. The minimum atomic E-state index is 0. The smallest absolute Gasteiger partial charge is 0.193 e. The molecule has 0 bridgehead atoms.